The van der Waals surface area contributed by atoms with E-state index in [1.54, 1.807) is 13.2 Å². The second kappa shape index (κ2) is 7.76. The van der Waals surface area contributed by atoms with E-state index in [0.717, 1.165) is 11.3 Å². The molecular formula is C17H15ClFN5O. The summed E-state index contributed by atoms with van der Waals surface area (Å²) in [5, 5.41) is 14.0. The van der Waals surface area contributed by atoms with Crippen LogP contribution in [0, 0.1) is 5.82 Å². The zero-order chi connectivity index (χ0) is 17.6. The summed E-state index contributed by atoms with van der Waals surface area (Å²) in [6.45, 7) is 0.539. The van der Waals surface area contributed by atoms with E-state index in [1.807, 2.05) is 24.3 Å². The van der Waals surface area contributed by atoms with Crippen molar-refractivity contribution in [2.24, 2.45) is 0 Å². The fourth-order valence-electron chi connectivity index (χ4n) is 2.08. The number of nitrogens with zero attached hydrogens (tertiary/aromatic N) is 3. The second-order valence-corrected chi connectivity index (χ2v) is 5.53. The first-order chi connectivity index (χ1) is 12.1. The fourth-order valence-corrected chi connectivity index (χ4v) is 2.27. The Morgan fingerprint density at radius 2 is 1.96 bits per heavy atom. The summed E-state index contributed by atoms with van der Waals surface area (Å²) in [5.41, 5.74) is 1.65. The van der Waals surface area contributed by atoms with Crippen molar-refractivity contribution in [2.75, 3.05) is 17.7 Å². The Bertz CT molecular complexity index is 860. The molecule has 2 N–H and O–H groups in total. The Morgan fingerprint density at radius 3 is 2.68 bits per heavy atom. The number of ether oxygens (including phenoxy) is 1. The third-order valence-corrected chi connectivity index (χ3v) is 3.65. The monoisotopic (exact) mass is 359 g/mol. The van der Waals surface area contributed by atoms with Gasteiger partial charge in [0.2, 0.25) is 5.95 Å². The van der Waals surface area contributed by atoms with Gasteiger partial charge in [-0.15, -0.1) is 5.10 Å². The number of anilines is 3. The molecule has 1 aromatic heterocycles. The van der Waals surface area contributed by atoms with Gasteiger partial charge in [0.25, 0.3) is 0 Å². The molecule has 0 atom stereocenters. The number of benzene rings is 2. The van der Waals surface area contributed by atoms with Crippen LogP contribution < -0.4 is 15.4 Å². The van der Waals surface area contributed by atoms with Crippen LogP contribution in [0.3, 0.4) is 0 Å². The molecule has 0 aliphatic heterocycles. The first-order valence-corrected chi connectivity index (χ1v) is 7.80. The summed E-state index contributed by atoms with van der Waals surface area (Å²) in [4.78, 5) is 4.31. The maximum absolute atomic E-state index is 13.2. The molecule has 0 saturated carbocycles. The minimum absolute atomic E-state index is 0.0323. The Kier molecular flexibility index (Phi) is 5.25. The highest BCUT2D eigenvalue weighted by Gasteiger charge is 2.04. The lowest BCUT2D eigenvalue weighted by Crippen LogP contribution is -2.06. The van der Waals surface area contributed by atoms with E-state index in [-0.39, 0.29) is 5.02 Å². The van der Waals surface area contributed by atoms with E-state index in [0.29, 0.717) is 24.0 Å². The molecular weight excluding hydrogens is 345 g/mol. The highest BCUT2D eigenvalue weighted by Crippen LogP contribution is 2.22. The van der Waals surface area contributed by atoms with E-state index < -0.39 is 5.82 Å². The summed E-state index contributed by atoms with van der Waals surface area (Å²) in [7, 11) is 1.62. The maximum atomic E-state index is 13.2. The number of hydrogen-bond donors (Lipinski definition) is 2. The van der Waals surface area contributed by atoms with Gasteiger partial charge in [0.05, 0.1) is 18.3 Å². The van der Waals surface area contributed by atoms with Crippen LogP contribution in [0.4, 0.5) is 21.8 Å². The van der Waals surface area contributed by atoms with Crippen LogP contribution in [0.25, 0.3) is 0 Å². The number of rotatable bonds is 6. The highest BCUT2D eigenvalue weighted by atomic mass is 35.5. The van der Waals surface area contributed by atoms with Crippen LogP contribution in [0.15, 0.2) is 48.7 Å². The SMILES string of the molecule is COc1ccc(CNc2nncc(Nc3ccc(F)c(Cl)c3)n2)cc1. The normalized spacial score (nSPS) is 10.4. The van der Waals surface area contributed by atoms with E-state index in [2.05, 4.69) is 25.8 Å². The average molecular weight is 360 g/mol. The van der Waals surface area contributed by atoms with Crippen LogP contribution in [0.2, 0.25) is 5.02 Å². The van der Waals surface area contributed by atoms with Crippen LogP contribution >= 0.6 is 11.6 Å². The van der Waals surface area contributed by atoms with Crippen molar-refractivity contribution in [2.45, 2.75) is 6.54 Å². The first-order valence-electron chi connectivity index (χ1n) is 7.42. The lowest BCUT2D eigenvalue weighted by Gasteiger charge is -2.08. The predicted octanol–water partition coefficient (Wildman–Crippen LogP) is 4.03. The largest absolute Gasteiger partial charge is 0.497 e. The summed E-state index contributed by atoms with van der Waals surface area (Å²) in [6, 6.07) is 12.0. The zero-order valence-corrected chi connectivity index (χ0v) is 14.1. The lowest BCUT2D eigenvalue weighted by atomic mass is 10.2. The van der Waals surface area contributed by atoms with Gasteiger partial charge in [-0.2, -0.15) is 10.1 Å². The molecule has 0 amide bonds. The van der Waals surface area contributed by atoms with Crippen LogP contribution in [-0.2, 0) is 6.54 Å². The van der Waals surface area contributed by atoms with Crippen LogP contribution in [-0.4, -0.2) is 22.3 Å². The Labute approximate surface area is 149 Å². The molecule has 25 heavy (non-hydrogen) atoms. The van der Waals surface area contributed by atoms with Gasteiger partial charge in [-0.3, -0.25) is 0 Å². The third kappa shape index (κ3) is 4.54. The minimum Gasteiger partial charge on any atom is -0.497 e. The zero-order valence-electron chi connectivity index (χ0n) is 13.3. The van der Waals surface area contributed by atoms with E-state index in [4.69, 9.17) is 16.3 Å². The molecule has 3 aromatic rings. The van der Waals surface area contributed by atoms with E-state index >= 15 is 0 Å². The topological polar surface area (TPSA) is 72.0 Å². The molecule has 0 spiro atoms. The summed E-state index contributed by atoms with van der Waals surface area (Å²) in [5.74, 6) is 1.16. The molecule has 6 nitrogen and oxygen atoms in total. The molecule has 0 radical (unpaired) electrons. The minimum atomic E-state index is -0.477. The van der Waals surface area contributed by atoms with Gasteiger partial charge < -0.3 is 15.4 Å². The Balaban J connectivity index is 1.65. The van der Waals surface area contributed by atoms with Gasteiger partial charge in [-0.1, -0.05) is 23.7 Å². The molecule has 2 aromatic carbocycles. The van der Waals surface area contributed by atoms with E-state index in [1.165, 1.54) is 18.3 Å². The summed E-state index contributed by atoms with van der Waals surface area (Å²) < 4.78 is 18.3. The second-order valence-electron chi connectivity index (χ2n) is 5.12. The standard InChI is InChI=1S/C17H15ClFN5O/c1-25-13-5-2-11(3-6-13)9-20-17-23-16(10-21-24-17)22-12-4-7-15(19)14(18)8-12/h2-8,10H,9H2,1H3,(H2,20,22,23,24). The van der Waals surface area contributed by atoms with Crippen molar-refractivity contribution in [3.63, 3.8) is 0 Å². The number of methoxy groups -OCH3 is 1. The molecule has 0 bridgehead atoms. The van der Waals surface area contributed by atoms with Crippen molar-refractivity contribution in [1.29, 1.82) is 0 Å². The van der Waals surface area contributed by atoms with Crippen molar-refractivity contribution >= 4 is 29.1 Å². The molecule has 128 valence electrons. The van der Waals surface area contributed by atoms with E-state index in [9.17, 15) is 4.39 Å². The molecule has 0 saturated heterocycles. The van der Waals surface area contributed by atoms with Gasteiger partial charge >= 0.3 is 0 Å². The van der Waals surface area contributed by atoms with Crippen molar-refractivity contribution in [3.8, 4) is 5.75 Å². The van der Waals surface area contributed by atoms with Gasteiger partial charge in [0.15, 0.2) is 5.82 Å². The Morgan fingerprint density at radius 1 is 1.16 bits per heavy atom. The van der Waals surface area contributed by atoms with Gasteiger partial charge in [0.1, 0.15) is 11.6 Å². The molecule has 8 heteroatoms. The number of nitrogens with one attached hydrogen (secondary N) is 2. The predicted molar refractivity (Wildman–Crippen MR) is 94.8 cm³/mol. The first kappa shape index (κ1) is 16.9. The average Bonchev–Trinajstić information content (AvgIpc) is 2.64. The number of aromatic nitrogens is 3. The van der Waals surface area contributed by atoms with Crippen LogP contribution in [0.1, 0.15) is 5.56 Å². The molecule has 3 rings (SSSR count). The summed E-state index contributed by atoms with van der Waals surface area (Å²) >= 11 is 5.77. The lowest BCUT2D eigenvalue weighted by molar-refractivity contribution is 0.414. The Hall–Kier alpha value is -2.93. The molecule has 1 heterocycles. The molecule has 0 aliphatic carbocycles. The van der Waals surface area contributed by atoms with Gasteiger partial charge in [-0.25, -0.2) is 4.39 Å². The molecule has 0 unspecified atom stereocenters. The van der Waals surface area contributed by atoms with Crippen LogP contribution in [0.5, 0.6) is 5.75 Å². The molecule has 0 fully saturated rings. The fraction of sp³-hybridized carbons (Fsp3) is 0.118. The summed E-state index contributed by atoms with van der Waals surface area (Å²) in [6.07, 6.45) is 1.47. The smallest absolute Gasteiger partial charge is 0.244 e. The quantitative estimate of drug-likeness (QED) is 0.692. The maximum Gasteiger partial charge on any atom is 0.244 e. The highest BCUT2D eigenvalue weighted by molar-refractivity contribution is 6.31. The molecule has 0 aliphatic rings. The van der Waals surface area contributed by atoms with Crippen molar-refractivity contribution in [1.82, 2.24) is 15.2 Å². The number of halogens is 2. The van der Waals surface area contributed by atoms with Crippen molar-refractivity contribution < 1.29 is 9.13 Å². The van der Waals surface area contributed by atoms with Crippen molar-refractivity contribution in [3.05, 3.63) is 65.1 Å². The number of hydrogen-bond acceptors (Lipinski definition) is 6. The van der Waals surface area contributed by atoms with Gasteiger partial charge in [-0.05, 0) is 35.9 Å². The van der Waals surface area contributed by atoms with Gasteiger partial charge in [0, 0.05) is 12.2 Å². The third-order valence-electron chi connectivity index (χ3n) is 3.36.